The van der Waals surface area contributed by atoms with E-state index in [9.17, 15) is 18.0 Å². The molecule has 210 valence electrons. The van der Waals surface area contributed by atoms with E-state index in [2.05, 4.69) is 30.5 Å². The zero-order chi connectivity index (χ0) is 28.7. The highest BCUT2D eigenvalue weighted by Gasteiger charge is 2.32. The van der Waals surface area contributed by atoms with E-state index < -0.39 is 17.6 Å². The summed E-state index contributed by atoms with van der Waals surface area (Å²) in [5.74, 6) is -0.530. The summed E-state index contributed by atoms with van der Waals surface area (Å²) in [4.78, 5) is 24.7. The Morgan fingerprint density at radius 2 is 1.83 bits per heavy atom. The van der Waals surface area contributed by atoms with Crippen LogP contribution in [0.3, 0.4) is 0 Å². The molecule has 1 aliphatic rings. The number of nitrogens with one attached hydrogen (secondary N) is 2. The van der Waals surface area contributed by atoms with E-state index in [1.807, 2.05) is 37.2 Å². The summed E-state index contributed by atoms with van der Waals surface area (Å²) in [6.07, 6.45) is 0.708. The molecule has 0 spiro atoms. The molecule has 5 aromatic rings. The number of hydrogen-bond acceptors (Lipinski definition) is 6. The minimum Gasteiger partial charge on any atom is -0.369 e. The zero-order valence-corrected chi connectivity index (χ0v) is 22.4. The lowest BCUT2D eigenvalue weighted by molar-refractivity contribution is -0.137. The Kier molecular flexibility index (Phi) is 6.70. The molecule has 0 atom stereocenters. The molecule has 0 unspecified atom stereocenters. The van der Waals surface area contributed by atoms with Gasteiger partial charge in [0.25, 0.3) is 5.91 Å². The quantitative estimate of drug-likeness (QED) is 0.309. The van der Waals surface area contributed by atoms with Gasteiger partial charge in [-0.15, -0.1) is 5.10 Å². The third-order valence-corrected chi connectivity index (χ3v) is 7.28. The van der Waals surface area contributed by atoms with E-state index in [4.69, 9.17) is 0 Å². The van der Waals surface area contributed by atoms with Crippen molar-refractivity contribution >= 4 is 28.3 Å². The lowest BCUT2D eigenvalue weighted by Gasteiger charge is -2.34. The molecule has 1 saturated heterocycles. The smallest absolute Gasteiger partial charge is 0.369 e. The number of pyridine rings is 1. The number of aromatic nitrogens is 5. The monoisotopic (exact) mass is 560 g/mol. The summed E-state index contributed by atoms with van der Waals surface area (Å²) in [5.41, 5.74) is 3.60. The van der Waals surface area contributed by atoms with Gasteiger partial charge in [0.1, 0.15) is 11.3 Å². The van der Waals surface area contributed by atoms with Crippen molar-refractivity contribution in [2.75, 3.05) is 43.4 Å². The molecule has 1 fully saturated rings. The third-order valence-electron chi connectivity index (χ3n) is 7.28. The number of rotatable bonds is 5. The van der Waals surface area contributed by atoms with Gasteiger partial charge in [-0.05, 0) is 62.0 Å². The fourth-order valence-corrected chi connectivity index (χ4v) is 4.89. The van der Waals surface area contributed by atoms with Crippen molar-refractivity contribution in [3.05, 3.63) is 83.8 Å². The molecule has 3 aromatic heterocycles. The molecule has 9 nitrogen and oxygen atoms in total. The first-order valence-electron chi connectivity index (χ1n) is 13.1. The summed E-state index contributed by atoms with van der Waals surface area (Å²) < 4.78 is 42.8. The molecule has 0 radical (unpaired) electrons. The standard InChI is InChI=1S/C29H27F3N8O/c1-18-3-4-20(12-26(18)40-17-25(36-37-40)21-11-19-5-6-33-27(19)34-16-21)28(41)35-23-13-22(29(30,31)32)14-24(15-23)39-9-7-38(2)8-10-39/h3-6,11-17H,7-10H2,1-2H3,(H,33,34)(H,35,41). The summed E-state index contributed by atoms with van der Waals surface area (Å²) in [5, 5.41) is 12.1. The molecule has 12 heteroatoms. The number of halogens is 3. The number of piperazine rings is 1. The average molecular weight is 561 g/mol. The van der Waals surface area contributed by atoms with Crippen molar-refractivity contribution in [2.24, 2.45) is 0 Å². The van der Waals surface area contributed by atoms with E-state index in [1.54, 1.807) is 41.3 Å². The second-order valence-corrected chi connectivity index (χ2v) is 10.2. The summed E-state index contributed by atoms with van der Waals surface area (Å²) in [6, 6.07) is 12.6. The maximum atomic E-state index is 13.7. The minimum atomic E-state index is -4.55. The largest absolute Gasteiger partial charge is 0.416 e. The number of alkyl halides is 3. The normalized spacial score (nSPS) is 14.5. The Morgan fingerprint density at radius 3 is 2.61 bits per heavy atom. The Morgan fingerprint density at radius 1 is 1.02 bits per heavy atom. The highest BCUT2D eigenvalue weighted by atomic mass is 19.4. The molecule has 2 N–H and O–H groups in total. The number of likely N-dealkylation sites (N-methyl/N-ethyl adjacent to an activating group) is 1. The van der Waals surface area contributed by atoms with Crippen LogP contribution in [0.4, 0.5) is 24.5 Å². The number of aromatic amines is 1. The second-order valence-electron chi connectivity index (χ2n) is 10.2. The SMILES string of the molecule is Cc1ccc(C(=O)Nc2cc(N3CCN(C)CC3)cc(C(F)(F)F)c2)cc1-n1cc(-c2cnc3[nH]ccc3c2)nn1. The number of H-pyrrole nitrogens is 1. The Labute approximate surface area is 233 Å². The van der Waals surface area contributed by atoms with Crippen LogP contribution in [0.15, 0.2) is 67.1 Å². The third kappa shape index (κ3) is 5.50. The molecule has 0 bridgehead atoms. The summed E-state index contributed by atoms with van der Waals surface area (Å²) in [6.45, 7) is 4.56. The zero-order valence-electron chi connectivity index (χ0n) is 22.4. The number of anilines is 2. The van der Waals surface area contributed by atoms with Gasteiger partial charge >= 0.3 is 6.18 Å². The van der Waals surface area contributed by atoms with Crippen LogP contribution in [0.5, 0.6) is 0 Å². The average Bonchev–Trinajstić information content (AvgIpc) is 3.63. The van der Waals surface area contributed by atoms with E-state index in [-0.39, 0.29) is 11.3 Å². The van der Waals surface area contributed by atoms with Gasteiger partial charge in [0.15, 0.2) is 0 Å². The summed E-state index contributed by atoms with van der Waals surface area (Å²) in [7, 11) is 1.98. The van der Waals surface area contributed by atoms with Gasteiger partial charge in [0, 0.05) is 66.5 Å². The number of amides is 1. The summed E-state index contributed by atoms with van der Waals surface area (Å²) >= 11 is 0. The lowest BCUT2D eigenvalue weighted by atomic mass is 10.1. The predicted molar refractivity (Wildman–Crippen MR) is 150 cm³/mol. The fourth-order valence-electron chi connectivity index (χ4n) is 4.89. The number of aryl methyl sites for hydroxylation is 1. The molecule has 1 amide bonds. The highest BCUT2D eigenvalue weighted by Crippen LogP contribution is 2.35. The maximum absolute atomic E-state index is 13.7. The van der Waals surface area contributed by atoms with Gasteiger partial charge in [-0.3, -0.25) is 4.79 Å². The molecule has 41 heavy (non-hydrogen) atoms. The topological polar surface area (TPSA) is 95.0 Å². The van der Waals surface area contributed by atoms with Crippen molar-refractivity contribution in [3.8, 4) is 16.9 Å². The van der Waals surface area contributed by atoms with E-state index in [0.29, 0.717) is 30.2 Å². The van der Waals surface area contributed by atoms with Crippen molar-refractivity contribution in [3.63, 3.8) is 0 Å². The van der Waals surface area contributed by atoms with E-state index >= 15 is 0 Å². The lowest BCUT2D eigenvalue weighted by Crippen LogP contribution is -2.44. The van der Waals surface area contributed by atoms with E-state index in [0.717, 1.165) is 47.4 Å². The Balaban J connectivity index is 1.27. The van der Waals surface area contributed by atoms with Gasteiger partial charge in [-0.25, -0.2) is 9.67 Å². The molecule has 0 saturated carbocycles. The molecular formula is C29H27F3N8O. The fraction of sp³-hybridized carbons (Fsp3) is 0.241. The van der Waals surface area contributed by atoms with Gasteiger partial charge in [-0.1, -0.05) is 11.3 Å². The van der Waals surface area contributed by atoms with Crippen LogP contribution in [0.2, 0.25) is 0 Å². The van der Waals surface area contributed by atoms with Crippen LogP contribution in [0.25, 0.3) is 28.0 Å². The Bertz CT molecular complexity index is 1730. The maximum Gasteiger partial charge on any atom is 0.416 e. The van der Waals surface area contributed by atoms with Crippen LogP contribution in [0.1, 0.15) is 21.5 Å². The van der Waals surface area contributed by atoms with Crippen LogP contribution < -0.4 is 10.2 Å². The number of carbonyl (C=O) groups is 1. The number of hydrogen-bond donors (Lipinski definition) is 2. The van der Waals surface area contributed by atoms with Gasteiger partial charge in [0.2, 0.25) is 0 Å². The number of fused-ring (bicyclic) bond motifs is 1. The van der Waals surface area contributed by atoms with Gasteiger partial charge in [0.05, 0.1) is 17.4 Å². The Hall–Kier alpha value is -4.71. The second kappa shape index (κ2) is 10.4. The van der Waals surface area contributed by atoms with Crippen LogP contribution in [-0.2, 0) is 6.18 Å². The van der Waals surface area contributed by atoms with Gasteiger partial charge in [-0.2, -0.15) is 13.2 Å². The van der Waals surface area contributed by atoms with Crippen molar-refractivity contribution in [2.45, 2.75) is 13.1 Å². The minimum absolute atomic E-state index is 0.0802. The van der Waals surface area contributed by atoms with Crippen molar-refractivity contribution in [1.29, 1.82) is 0 Å². The molecule has 6 rings (SSSR count). The number of carbonyl (C=O) groups excluding carboxylic acids is 1. The number of nitrogens with zero attached hydrogens (tertiary/aromatic N) is 6. The van der Waals surface area contributed by atoms with Crippen LogP contribution >= 0.6 is 0 Å². The first-order valence-corrected chi connectivity index (χ1v) is 13.1. The first-order chi connectivity index (χ1) is 19.6. The molecule has 2 aromatic carbocycles. The van der Waals surface area contributed by atoms with Crippen molar-refractivity contribution < 1.29 is 18.0 Å². The highest BCUT2D eigenvalue weighted by molar-refractivity contribution is 6.05. The van der Waals surface area contributed by atoms with Crippen molar-refractivity contribution in [1.82, 2.24) is 29.9 Å². The predicted octanol–water partition coefficient (Wildman–Crippen LogP) is 5.14. The van der Waals surface area contributed by atoms with Gasteiger partial charge < -0.3 is 20.1 Å². The molecule has 4 heterocycles. The molecular weight excluding hydrogens is 533 g/mol. The van der Waals surface area contributed by atoms with Crippen LogP contribution in [0, 0.1) is 6.92 Å². The number of benzene rings is 2. The van der Waals surface area contributed by atoms with Crippen LogP contribution in [-0.4, -0.2) is 69.0 Å². The first kappa shape index (κ1) is 26.5. The molecule has 1 aliphatic heterocycles. The molecule has 0 aliphatic carbocycles. The van der Waals surface area contributed by atoms with E-state index in [1.165, 1.54) is 0 Å².